The Hall–Kier alpha value is -0.900. The molecule has 21 heavy (non-hydrogen) atoms. The minimum Gasteiger partial charge on any atom is -0.380 e. The fraction of sp³-hybridized carbons (Fsp3) is 0.667. The van der Waals surface area contributed by atoms with Crippen LogP contribution in [0, 0.1) is 5.92 Å². The third-order valence-electron chi connectivity index (χ3n) is 4.44. The molecule has 1 aromatic rings. The standard InChI is InChI=1S/C18H30N2O/c1-4-10-19-13-17-9-6-11-20(2)18(17)16-8-5-7-15(12-16)14-21-3/h5,7-8,12,17-19H,4,6,9-11,13-14H2,1-3H3. The summed E-state index contributed by atoms with van der Waals surface area (Å²) in [6.45, 7) is 6.37. The second-order valence-corrected chi connectivity index (χ2v) is 6.21. The maximum Gasteiger partial charge on any atom is 0.0713 e. The first kappa shape index (κ1) is 16.5. The summed E-state index contributed by atoms with van der Waals surface area (Å²) in [6, 6.07) is 9.45. The number of nitrogens with zero attached hydrogens (tertiary/aromatic N) is 1. The molecule has 1 saturated heterocycles. The van der Waals surface area contributed by atoms with Crippen molar-refractivity contribution in [1.29, 1.82) is 0 Å². The summed E-state index contributed by atoms with van der Waals surface area (Å²) in [6.07, 6.45) is 3.83. The molecular formula is C18H30N2O. The molecule has 0 saturated carbocycles. The quantitative estimate of drug-likeness (QED) is 0.780. The zero-order valence-electron chi connectivity index (χ0n) is 13.8. The number of likely N-dealkylation sites (tertiary alicyclic amines) is 1. The van der Waals surface area contributed by atoms with Gasteiger partial charge in [0.1, 0.15) is 0 Å². The molecule has 3 nitrogen and oxygen atoms in total. The van der Waals surface area contributed by atoms with Crippen molar-refractivity contribution in [3.8, 4) is 0 Å². The Bertz CT molecular complexity index is 421. The van der Waals surface area contributed by atoms with E-state index >= 15 is 0 Å². The number of hydrogen-bond donors (Lipinski definition) is 1. The van der Waals surface area contributed by atoms with Crippen molar-refractivity contribution in [2.24, 2.45) is 5.92 Å². The van der Waals surface area contributed by atoms with Crippen molar-refractivity contribution in [3.63, 3.8) is 0 Å². The summed E-state index contributed by atoms with van der Waals surface area (Å²) in [7, 11) is 4.02. The summed E-state index contributed by atoms with van der Waals surface area (Å²) < 4.78 is 5.28. The van der Waals surface area contributed by atoms with Crippen molar-refractivity contribution in [3.05, 3.63) is 35.4 Å². The summed E-state index contributed by atoms with van der Waals surface area (Å²) in [4.78, 5) is 2.52. The van der Waals surface area contributed by atoms with E-state index in [0.29, 0.717) is 18.6 Å². The molecule has 1 N–H and O–H groups in total. The van der Waals surface area contributed by atoms with Crippen LogP contribution < -0.4 is 5.32 Å². The third-order valence-corrected chi connectivity index (χ3v) is 4.44. The van der Waals surface area contributed by atoms with Gasteiger partial charge in [-0.1, -0.05) is 31.2 Å². The Labute approximate surface area is 129 Å². The SMILES string of the molecule is CCCNCC1CCCN(C)C1c1cccc(COC)c1. The van der Waals surface area contributed by atoms with E-state index in [1.165, 1.54) is 36.9 Å². The van der Waals surface area contributed by atoms with Gasteiger partial charge in [-0.2, -0.15) is 0 Å². The molecule has 2 rings (SSSR count). The van der Waals surface area contributed by atoms with E-state index < -0.39 is 0 Å². The highest BCUT2D eigenvalue weighted by molar-refractivity contribution is 5.27. The fourth-order valence-electron chi connectivity index (χ4n) is 3.50. The fourth-order valence-corrected chi connectivity index (χ4v) is 3.50. The van der Waals surface area contributed by atoms with Gasteiger partial charge in [-0.25, -0.2) is 0 Å². The van der Waals surface area contributed by atoms with Gasteiger partial charge < -0.3 is 10.1 Å². The molecule has 0 aromatic heterocycles. The van der Waals surface area contributed by atoms with E-state index in [-0.39, 0.29) is 0 Å². The summed E-state index contributed by atoms with van der Waals surface area (Å²) in [5, 5.41) is 3.61. The van der Waals surface area contributed by atoms with Crippen molar-refractivity contribution in [2.75, 3.05) is 33.8 Å². The third kappa shape index (κ3) is 4.53. The average molecular weight is 290 g/mol. The molecule has 0 bridgehead atoms. The van der Waals surface area contributed by atoms with Crippen molar-refractivity contribution in [2.45, 2.75) is 38.8 Å². The van der Waals surface area contributed by atoms with Gasteiger partial charge in [0.2, 0.25) is 0 Å². The Morgan fingerprint density at radius 2 is 2.24 bits per heavy atom. The lowest BCUT2D eigenvalue weighted by atomic mass is 9.84. The number of rotatable bonds is 7. The van der Waals surface area contributed by atoms with Crippen LogP contribution in [0.15, 0.2) is 24.3 Å². The van der Waals surface area contributed by atoms with Gasteiger partial charge in [-0.15, -0.1) is 0 Å². The molecule has 2 unspecified atom stereocenters. The average Bonchev–Trinajstić information content (AvgIpc) is 2.48. The molecule has 0 amide bonds. The van der Waals surface area contributed by atoms with Crippen LogP contribution in [-0.4, -0.2) is 38.7 Å². The summed E-state index contributed by atoms with van der Waals surface area (Å²) >= 11 is 0. The van der Waals surface area contributed by atoms with E-state index in [1.54, 1.807) is 7.11 Å². The van der Waals surface area contributed by atoms with Crippen LogP contribution in [0.4, 0.5) is 0 Å². The van der Waals surface area contributed by atoms with Crippen LogP contribution in [-0.2, 0) is 11.3 Å². The normalized spacial score (nSPS) is 23.4. The number of nitrogens with one attached hydrogen (secondary N) is 1. The molecule has 118 valence electrons. The zero-order chi connectivity index (χ0) is 15.1. The van der Waals surface area contributed by atoms with E-state index in [0.717, 1.165) is 13.1 Å². The first-order valence-electron chi connectivity index (χ1n) is 8.25. The van der Waals surface area contributed by atoms with Gasteiger partial charge in [-0.05, 0) is 63.0 Å². The number of benzene rings is 1. The summed E-state index contributed by atoms with van der Waals surface area (Å²) in [5.74, 6) is 0.702. The largest absolute Gasteiger partial charge is 0.380 e. The first-order chi connectivity index (χ1) is 10.3. The Balaban J connectivity index is 2.12. The van der Waals surface area contributed by atoms with Gasteiger partial charge in [-0.3, -0.25) is 4.90 Å². The lowest BCUT2D eigenvalue weighted by Gasteiger charge is -2.40. The smallest absolute Gasteiger partial charge is 0.0713 e. The Morgan fingerprint density at radius 3 is 3.00 bits per heavy atom. The van der Waals surface area contributed by atoms with Crippen molar-refractivity contribution < 1.29 is 4.74 Å². The van der Waals surface area contributed by atoms with E-state index in [1.807, 2.05) is 0 Å². The monoisotopic (exact) mass is 290 g/mol. The number of methoxy groups -OCH3 is 1. The second-order valence-electron chi connectivity index (χ2n) is 6.21. The first-order valence-corrected chi connectivity index (χ1v) is 8.25. The number of ether oxygens (including phenoxy) is 1. The van der Waals surface area contributed by atoms with Crippen LogP contribution >= 0.6 is 0 Å². The van der Waals surface area contributed by atoms with Crippen LogP contribution in [0.2, 0.25) is 0 Å². The molecule has 1 aliphatic rings. The van der Waals surface area contributed by atoms with Gasteiger partial charge in [0.05, 0.1) is 6.61 Å². The number of hydrogen-bond acceptors (Lipinski definition) is 3. The van der Waals surface area contributed by atoms with Gasteiger partial charge in [0.25, 0.3) is 0 Å². The minimum absolute atomic E-state index is 0.528. The van der Waals surface area contributed by atoms with Crippen molar-refractivity contribution in [1.82, 2.24) is 10.2 Å². The highest BCUT2D eigenvalue weighted by atomic mass is 16.5. The molecule has 2 atom stereocenters. The number of piperidine rings is 1. The van der Waals surface area contributed by atoms with Crippen LogP contribution in [0.1, 0.15) is 43.4 Å². The molecule has 0 spiro atoms. The van der Waals surface area contributed by atoms with E-state index in [9.17, 15) is 0 Å². The highest BCUT2D eigenvalue weighted by Crippen LogP contribution is 2.35. The molecule has 1 aromatic carbocycles. The molecule has 1 aliphatic heterocycles. The van der Waals surface area contributed by atoms with Crippen molar-refractivity contribution >= 4 is 0 Å². The minimum atomic E-state index is 0.528. The Morgan fingerprint density at radius 1 is 1.38 bits per heavy atom. The van der Waals surface area contributed by atoms with Crippen LogP contribution in [0.5, 0.6) is 0 Å². The van der Waals surface area contributed by atoms with E-state index in [2.05, 4.69) is 48.5 Å². The predicted molar refractivity (Wildman–Crippen MR) is 88.4 cm³/mol. The lowest BCUT2D eigenvalue weighted by molar-refractivity contribution is 0.119. The molecule has 1 heterocycles. The topological polar surface area (TPSA) is 24.5 Å². The zero-order valence-corrected chi connectivity index (χ0v) is 13.8. The van der Waals surface area contributed by atoms with E-state index in [4.69, 9.17) is 4.74 Å². The molecule has 3 heteroatoms. The van der Waals surface area contributed by atoms with Gasteiger partial charge in [0, 0.05) is 13.2 Å². The van der Waals surface area contributed by atoms with Crippen LogP contribution in [0.25, 0.3) is 0 Å². The van der Waals surface area contributed by atoms with Gasteiger partial charge in [0.15, 0.2) is 0 Å². The predicted octanol–water partition coefficient (Wildman–Crippen LogP) is 3.22. The maximum atomic E-state index is 5.28. The second kappa shape index (κ2) is 8.52. The molecule has 0 radical (unpaired) electrons. The summed E-state index contributed by atoms with van der Waals surface area (Å²) in [5.41, 5.74) is 2.71. The van der Waals surface area contributed by atoms with Crippen LogP contribution in [0.3, 0.4) is 0 Å². The highest BCUT2D eigenvalue weighted by Gasteiger charge is 2.30. The maximum absolute atomic E-state index is 5.28. The molecule has 1 fully saturated rings. The van der Waals surface area contributed by atoms with Gasteiger partial charge >= 0.3 is 0 Å². The lowest BCUT2D eigenvalue weighted by Crippen LogP contribution is -2.40. The molecule has 0 aliphatic carbocycles. The molecular weight excluding hydrogens is 260 g/mol. The Kier molecular flexibility index (Phi) is 6.68.